The molecule has 70 valence electrons. The molecule has 1 aromatic carbocycles. The summed E-state index contributed by atoms with van der Waals surface area (Å²) in [4.78, 5) is 4.18. The Balaban J connectivity index is 2.74. The Bertz CT molecular complexity index is 346. The van der Waals surface area contributed by atoms with Gasteiger partial charge < -0.3 is 0 Å². The number of hydrogen-bond acceptors (Lipinski definition) is 2. The molecule has 2 nitrogen and oxygen atoms in total. The van der Waals surface area contributed by atoms with E-state index in [1.807, 2.05) is 30.3 Å². The van der Waals surface area contributed by atoms with Gasteiger partial charge in [-0.2, -0.15) is 0 Å². The van der Waals surface area contributed by atoms with Crippen molar-refractivity contribution in [3.63, 3.8) is 0 Å². The lowest BCUT2D eigenvalue weighted by Gasteiger charge is -2.12. The monoisotopic (exact) mass is 181 g/mol. The second-order valence-corrected chi connectivity index (χ2v) is 2.81. The topological polar surface area (TPSA) is 29.5 Å². The summed E-state index contributed by atoms with van der Waals surface area (Å²) in [5, 5.41) is 8.71. The van der Waals surface area contributed by atoms with Gasteiger partial charge in [-0.05, 0) is 18.0 Å². The van der Waals surface area contributed by atoms with E-state index in [1.54, 1.807) is 0 Å². The van der Waals surface area contributed by atoms with Crippen molar-refractivity contribution in [2.45, 2.75) is 19.4 Å². The Labute approximate surface area is 82.6 Å². The first kappa shape index (κ1) is 6.35. The predicted octanol–water partition coefficient (Wildman–Crippen LogP) is 2.66. The second-order valence-electron chi connectivity index (χ2n) is 2.81. The van der Waals surface area contributed by atoms with Crippen molar-refractivity contribution in [3.05, 3.63) is 48.0 Å². The van der Waals surface area contributed by atoms with E-state index in [2.05, 4.69) is 11.5 Å². The summed E-state index contributed by atoms with van der Waals surface area (Å²) in [5.41, 5.74) is 0.783. The number of benzene rings is 1. The SMILES string of the molecule is [2H]C([2H])([2H])C(=C)C(Cc1ccccc1)OO. The molecule has 1 unspecified atom stereocenters. The molecule has 0 radical (unpaired) electrons. The zero-order valence-corrected chi connectivity index (χ0v) is 7.23. The third-order valence-corrected chi connectivity index (χ3v) is 1.78. The van der Waals surface area contributed by atoms with Gasteiger partial charge in [-0.15, -0.1) is 0 Å². The van der Waals surface area contributed by atoms with Gasteiger partial charge in [-0.1, -0.05) is 36.9 Å². The lowest BCUT2D eigenvalue weighted by Crippen LogP contribution is -2.14. The van der Waals surface area contributed by atoms with Gasteiger partial charge in [0.1, 0.15) is 6.10 Å². The predicted molar refractivity (Wildman–Crippen MR) is 52.5 cm³/mol. The lowest BCUT2D eigenvalue weighted by atomic mass is 10.0. The lowest BCUT2D eigenvalue weighted by molar-refractivity contribution is -0.267. The van der Waals surface area contributed by atoms with Crippen LogP contribution in [0.1, 0.15) is 16.5 Å². The normalized spacial score (nSPS) is 16.8. The Morgan fingerprint density at radius 3 is 2.85 bits per heavy atom. The summed E-state index contributed by atoms with van der Waals surface area (Å²) in [6.45, 7) is 1.13. The van der Waals surface area contributed by atoms with Crippen LogP contribution in [0.2, 0.25) is 0 Å². The molecule has 13 heavy (non-hydrogen) atoms. The summed E-state index contributed by atoms with van der Waals surface area (Å²) in [6.07, 6.45) is -0.621. The first-order valence-electron chi connectivity index (χ1n) is 5.48. The van der Waals surface area contributed by atoms with E-state index in [0.29, 0.717) is 0 Å². The van der Waals surface area contributed by atoms with Gasteiger partial charge in [0.05, 0.1) is 0 Å². The molecule has 1 rings (SSSR count). The van der Waals surface area contributed by atoms with Gasteiger partial charge in [-0.3, -0.25) is 5.26 Å². The molecule has 1 aromatic rings. The van der Waals surface area contributed by atoms with Gasteiger partial charge in [0.15, 0.2) is 0 Å². The van der Waals surface area contributed by atoms with Gasteiger partial charge in [0, 0.05) is 10.5 Å². The second kappa shape index (κ2) is 4.80. The van der Waals surface area contributed by atoms with Crippen molar-refractivity contribution in [1.29, 1.82) is 0 Å². The van der Waals surface area contributed by atoms with Gasteiger partial charge in [-0.25, -0.2) is 4.89 Å². The van der Waals surface area contributed by atoms with Crippen LogP contribution in [0.5, 0.6) is 0 Å². The van der Waals surface area contributed by atoms with E-state index >= 15 is 0 Å². The van der Waals surface area contributed by atoms with E-state index in [0.717, 1.165) is 5.56 Å². The van der Waals surface area contributed by atoms with Crippen molar-refractivity contribution in [2.75, 3.05) is 0 Å². The summed E-state index contributed by atoms with van der Waals surface area (Å²) >= 11 is 0. The average molecular weight is 181 g/mol. The Morgan fingerprint density at radius 2 is 2.31 bits per heavy atom. The van der Waals surface area contributed by atoms with Crippen LogP contribution in [0.4, 0.5) is 0 Å². The average Bonchev–Trinajstić information content (AvgIpc) is 2.25. The van der Waals surface area contributed by atoms with Crippen LogP contribution >= 0.6 is 0 Å². The fraction of sp³-hybridized carbons (Fsp3) is 0.273. The highest BCUT2D eigenvalue weighted by molar-refractivity contribution is 5.17. The molecular weight excluding hydrogens is 164 g/mol. The van der Waals surface area contributed by atoms with Crippen LogP contribution in [0.3, 0.4) is 0 Å². The van der Waals surface area contributed by atoms with E-state index < -0.39 is 13.0 Å². The molecule has 0 saturated carbocycles. The molecule has 0 fully saturated rings. The smallest absolute Gasteiger partial charge is 0.117 e. The maximum atomic E-state index is 8.71. The molecule has 0 amide bonds. The fourth-order valence-corrected chi connectivity index (χ4v) is 1.05. The summed E-state index contributed by atoms with van der Waals surface area (Å²) in [5.74, 6) is 0. The highest BCUT2D eigenvalue weighted by Crippen LogP contribution is 2.10. The summed E-state index contributed by atoms with van der Waals surface area (Å²) in [6, 6.07) is 9.19. The number of hydrogen-bond donors (Lipinski definition) is 1. The summed E-state index contributed by atoms with van der Waals surface area (Å²) < 4.78 is 21.5. The Morgan fingerprint density at radius 1 is 1.62 bits per heavy atom. The van der Waals surface area contributed by atoms with Crippen molar-refractivity contribution >= 4 is 0 Å². The molecule has 0 aliphatic rings. The zero-order valence-electron chi connectivity index (χ0n) is 10.2. The van der Waals surface area contributed by atoms with Gasteiger partial charge in [0.2, 0.25) is 0 Å². The first-order valence-corrected chi connectivity index (χ1v) is 3.98. The van der Waals surface area contributed by atoms with Crippen molar-refractivity contribution in [1.82, 2.24) is 0 Å². The minimum atomic E-state index is -2.32. The summed E-state index contributed by atoms with van der Waals surface area (Å²) in [7, 11) is 0. The molecule has 0 saturated heterocycles. The quantitative estimate of drug-likeness (QED) is 0.439. The van der Waals surface area contributed by atoms with Crippen LogP contribution in [0, 0.1) is 0 Å². The molecule has 1 atom stereocenters. The molecule has 0 aromatic heterocycles. The molecule has 0 aliphatic carbocycles. The van der Waals surface area contributed by atoms with Crippen LogP contribution in [-0.4, -0.2) is 11.4 Å². The molecule has 0 spiro atoms. The number of rotatable bonds is 4. The van der Waals surface area contributed by atoms with Crippen LogP contribution < -0.4 is 0 Å². The highest BCUT2D eigenvalue weighted by atomic mass is 17.1. The van der Waals surface area contributed by atoms with Crippen molar-refractivity contribution in [2.24, 2.45) is 0 Å². The molecule has 0 aliphatic heterocycles. The minimum Gasteiger partial charge on any atom is -0.251 e. The molecule has 0 bridgehead atoms. The Kier molecular flexibility index (Phi) is 2.34. The van der Waals surface area contributed by atoms with E-state index in [1.165, 1.54) is 0 Å². The molecular formula is C11H14O2. The van der Waals surface area contributed by atoms with E-state index in [4.69, 9.17) is 9.37 Å². The minimum absolute atomic E-state index is 0.0983. The van der Waals surface area contributed by atoms with Crippen LogP contribution in [0.15, 0.2) is 42.5 Å². The first-order chi connectivity index (χ1) is 7.45. The highest BCUT2D eigenvalue weighted by Gasteiger charge is 2.09. The zero-order chi connectivity index (χ0) is 12.2. The maximum absolute atomic E-state index is 8.71. The van der Waals surface area contributed by atoms with Gasteiger partial charge in [0.25, 0.3) is 0 Å². The fourth-order valence-electron chi connectivity index (χ4n) is 1.05. The third kappa shape index (κ3) is 3.01. The van der Waals surface area contributed by atoms with Crippen LogP contribution in [0.25, 0.3) is 0 Å². The van der Waals surface area contributed by atoms with Crippen molar-refractivity contribution < 1.29 is 14.3 Å². The third-order valence-electron chi connectivity index (χ3n) is 1.78. The van der Waals surface area contributed by atoms with E-state index in [-0.39, 0.29) is 12.0 Å². The molecule has 2 heteroatoms. The van der Waals surface area contributed by atoms with Gasteiger partial charge >= 0.3 is 0 Å². The standard InChI is InChI=1S/C11H14O2/c1-9(2)11(13-12)8-10-6-4-3-5-7-10/h3-7,11-12H,1,8H2,2H3/i2D3. The van der Waals surface area contributed by atoms with E-state index in [9.17, 15) is 0 Å². The van der Waals surface area contributed by atoms with Crippen molar-refractivity contribution in [3.8, 4) is 0 Å². The van der Waals surface area contributed by atoms with Crippen LogP contribution in [-0.2, 0) is 11.3 Å². The Hall–Kier alpha value is -1.12. The molecule has 1 N–H and O–H groups in total. The maximum Gasteiger partial charge on any atom is 0.117 e. The molecule has 0 heterocycles. The largest absolute Gasteiger partial charge is 0.251 e.